The van der Waals surface area contributed by atoms with E-state index in [0.29, 0.717) is 47.8 Å². The van der Waals surface area contributed by atoms with Gasteiger partial charge in [-0.15, -0.1) is 0 Å². The van der Waals surface area contributed by atoms with Gasteiger partial charge in [0.25, 0.3) is 0 Å². The molecule has 9 heteroatoms. The van der Waals surface area contributed by atoms with Gasteiger partial charge < -0.3 is 15.4 Å². The predicted octanol–water partition coefficient (Wildman–Crippen LogP) is 5.61. The number of carbonyl (C=O) groups is 1. The van der Waals surface area contributed by atoms with Gasteiger partial charge in [0, 0.05) is 18.7 Å². The fourth-order valence-electron chi connectivity index (χ4n) is 5.13. The van der Waals surface area contributed by atoms with Gasteiger partial charge in [0.05, 0.1) is 17.5 Å². The highest BCUT2D eigenvalue weighted by Crippen LogP contribution is 2.35. The second-order valence-electron chi connectivity index (χ2n) is 11.2. The average Bonchev–Trinajstić information content (AvgIpc) is 3.33. The fraction of sp³-hybridized carbons (Fsp3) is 0.367. The molecule has 5 rings (SSSR count). The zero-order valence-electron chi connectivity index (χ0n) is 22.5. The first-order valence-corrected chi connectivity index (χ1v) is 13.2. The number of para-hydroxylation sites is 1. The SMILES string of the molecule is CC(C)(C)CC(C#N)C(=O)N1CCCC(n2nc(-c3ccc(Oc4ccccc4)cc3)c3c(N)ncnc32)C1. The lowest BCUT2D eigenvalue weighted by Crippen LogP contribution is -2.44. The van der Waals surface area contributed by atoms with Crippen molar-refractivity contribution in [3.63, 3.8) is 0 Å². The number of hydrogen-bond donors (Lipinski definition) is 1. The molecule has 0 aliphatic carbocycles. The predicted molar refractivity (Wildman–Crippen MR) is 150 cm³/mol. The third kappa shape index (κ3) is 5.70. The molecule has 4 aromatic rings. The summed E-state index contributed by atoms with van der Waals surface area (Å²) in [6.45, 7) is 7.23. The van der Waals surface area contributed by atoms with Crippen LogP contribution >= 0.6 is 0 Å². The van der Waals surface area contributed by atoms with Crippen LogP contribution in [0.1, 0.15) is 46.1 Å². The van der Waals surface area contributed by atoms with E-state index in [0.717, 1.165) is 24.2 Å². The maximum Gasteiger partial charge on any atom is 0.240 e. The summed E-state index contributed by atoms with van der Waals surface area (Å²) in [5.41, 5.74) is 8.39. The van der Waals surface area contributed by atoms with Gasteiger partial charge in [0.15, 0.2) is 5.65 Å². The first kappa shape index (κ1) is 26.2. The van der Waals surface area contributed by atoms with Crippen molar-refractivity contribution in [2.45, 2.75) is 46.1 Å². The highest BCUT2D eigenvalue weighted by molar-refractivity contribution is 5.98. The number of piperidine rings is 1. The van der Waals surface area contributed by atoms with Gasteiger partial charge in [-0.2, -0.15) is 10.4 Å². The first-order chi connectivity index (χ1) is 18.7. The smallest absolute Gasteiger partial charge is 0.240 e. The summed E-state index contributed by atoms with van der Waals surface area (Å²) in [5.74, 6) is 1.04. The number of benzene rings is 2. The molecule has 2 atom stereocenters. The standard InChI is InChI=1S/C30H33N7O2/c1-30(2,3)16-21(17-31)29(38)36-15-7-8-22(18-36)37-28-25(27(32)33-19-34-28)26(35-37)20-11-13-24(14-12-20)39-23-9-5-4-6-10-23/h4-6,9-14,19,21-22H,7-8,15-16,18H2,1-3H3,(H2,32,33,34). The summed E-state index contributed by atoms with van der Waals surface area (Å²) in [6.07, 6.45) is 3.61. The molecule has 39 heavy (non-hydrogen) atoms. The Labute approximate surface area is 228 Å². The minimum atomic E-state index is -0.664. The number of likely N-dealkylation sites (tertiary alicyclic amines) is 1. The zero-order chi connectivity index (χ0) is 27.6. The summed E-state index contributed by atoms with van der Waals surface area (Å²) >= 11 is 0. The van der Waals surface area contributed by atoms with Gasteiger partial charge in [0.1, 0.15) is 35.3 Å². The van der Waals surface area contributed by atoms with Crippen molar-refractivity contribution in [3.8, 4) is 28.8 Å². The average molecular weight is 524 g/mol. The van der Waals surface area contributed by atoms with E-state index in [1.54, 1.807) is 4.90 Å². The number of amides is 1. The Hall–Kier alpha value is -4.45. The second-order valence-corrected chi connectivity index (χ2v) is 11.2. The molecule has 2 unspecified atom stereocenters. The van der Waals surface area contributed by atoms with Gasteiger partial charge in [-0.05, 0) is 61.1 Å². The minimum absolute atomic E-state index is 0.0945. The molecule has 0 radical (unpaired) electrons. The Morgan fingerprint density at radius 3 is 2.54 bits per heavy atom. The van der Waals surface area contributed by atoms with Crippen molar-refractivity contribution < 1.29 is 9.53 Å². The van der Waals surface area contributed by atoms with Gasteiger partial charge >= 0.3 is 0 Å². The maximum absolute atomic E-state index is 13.3. The first-order valence-electron chi connectivity index (χ1n) is 13.2. The Morgan fingerprint density at radius 2 is 1.85 bits per heavy atom. The van der Waals surface area contributed by atoms with Crippen LogP contribution in [0.2, 0.25) is 0 Å². The molecule has 1 aliphatic heterocycles. The van der Waals surface area contributed by atoms with Crippen LogP contribution in [0.15, 0.2) is 60.9 Å². The molecule has 3 heterocycles. The third-order valence-electron chi connectivity index (χ3n) is 6.95. The number of nitrogens with zero attached hydrogens (tertiary/aromatic N) is 6. The lowest BCUT2D eigenvalue weighted by molar-refractivity contribution is -0.136. The molecular formula is C30H33N7O2. The van der Waals surface area contributed by atoms with Crippen LogP contribution in [-0.4, -0.2) is 43.6 Å². The number of nitrogens with two attached hydrogens (primary N) is 1. The van der Waals surface area contributed by atoms with E-state index in [4.69, 9.17) is 15.6 Å². The summed E-state index contributed by atoms with van der Waals surface area (Å²) in [6, 6.07) is 19.4. The highest BCUT2D eigenvalue weighted by Gasteiger charge is 2.33. The van der Waals surface area contributed by atoms with Crippen molar-refractivity contribution in [3.05, 3.63) is 60.9 Å². The number of nitrogen functional groups attached to an aromatic ring is 1. The highest BCUT2D eigenvalue weighted by atomic mass is 16.5. The van der Waals surface area contributed by atoms with Crippen LogP contribution in [0.25, 0.3) is 22.3 Å². The Balaban J connectivity index is 1.43. The van der Waals surface area contributed by atoms with E-state index >= 15 is 0 Å². The summed E-state index contributed by atoms with van der Waals surface area (Å²) in [5, 5.41) is 15.4. The number of carbonyl (C=O) groups excluding carboxylic acids is 1. The van der Waals surface area contributed by atoms with Crippen LogP contribution in [-0.2, 0) is 4.79 Å². The van der Waals surface area contributed by atoms with Gasteiger partial charge in [-0.25, -0.2) is 14.6 Å². The van der Waals surface area contributed by atoms with Gasteiger partial charge in [0.2, 0.25) is 5.91 Å². The summed E-state index contributed by atoms with van der Waals surface area (Å²) in [4.78, 5) is 23.9. The quantitative estimate of drug-likeness (QED) is 0.348. The molecule has 9 nitrogen and oxygen atoms in total. The number of anilines is 1. The normalized spacial score (nSPS) is 16.6. The van der Waals surface area contributed by atoms with Crippen molar-refractivity contribution in [2.75, 3.05) is 18.8 Å². The van der Waals surface area contributed by atoms with Crippen LogP contribution < -0.4 is 10.5 Å². The van der Waals surface area contributed by atoms with Crippen LogP contribution in [0.4, 0.5) is 5.82 Å². The van der Waals surface area contributed by atoms with E-state index < -0.39 is 5.92 Å². The van der Waals surface area contributed by atoms with Gasteiger partial charge in [-0.1, -0.05) is 39.0 Å². The van der Waals surface area contributed by atoms with Crippen LogP contribution in [0.5, 0.6) is 11.5 Å². The molecule has 1 saturated heterocycles. The molecule has 1 fully saturated rings. The summed E-state index contributed by atoms with van der Waals surface area (Å²) in [7, 11) is 0. The monoisotopic (exact) mass is 523 g/mol. The molecule has 200 valence electrons. The van der Waals surface area contributed by atoms with Gasteiger partial charge in [-0.3, -0.25) is 4.79 Å². The van der Waals surface area contributed by atoms with Crippen LogP contribution in [0.3, 0.4) is 0 Å². The molecule has 0 bridgehead atoms. The number of aromatic nitrogens is 4. The minimum Gasteiger partial charge on any atom is -0.457 e. The lowest BCUT2D eigenvalue weighted by atomic mass is 9.84. The number of fused-ring (bicyclic) bond motifs is 1. The van der Waals surface area contributed by atoms with E-state index in [-0.39, 0.29) is 17.4 Å². The fourth-order valence-corrected chi connectivity index (χ4v) is 5.13. The van der Waals surface area contributed by atoms with Crippen molar-refractivity contribution >= 4 is 22.8 Å². The molecule has 0 saturated carbocycles. The number of ether oxygens (including phenoxy) is 1. The Morgan fingerprint density at radius 1 is 1.13 bits per heavy atom. The molecule has 0 spiro atoms. The molecular weight excluding hydrogens is 490 g/mol. The molecule has 1 aliphatic rings. The lowest BCUT2D eigenvalue weighted by Gasteiger charge is -2.35. The molecule has 2 N–H and O–H groups in total. The molecule has 2 aromatic heterocycles. The third-order valence-corrected chi connectivity index (χ3v) is 6.95. The number of nitriles is 1. The number of rotatable bonds is 6. The van der Waals surface area contributed by atoms with Crippen LogP contribution in [0, 0.1) is 22.7 Å². The Bertz CT molecular complexity index is 1500. The van der Waals surface area contributed by atoms with E-state index in [1.165, 1.54) is 6.33 Å². The van der Waals surface area contributed by atoms with Crippen molar-refractivity contribution in [1.82, 2.24) is 24.6 Å². The molecule has 1 amide bonds. The molecule has 2 aromatic carbocycles. The maximum atomic E-state index is 13.3. The van der Waals surface area contributed by atoms with E-state index in [2.05, 4.69) is 16.0 Å². The second kappa shape index (κ2) is 10.7. The topological polar surface area (TPSA) is 123 Å². The summed E-state index contributed by atoms with van der Waals surface area (Å²) < 4.78 is 7.81. The largest absolute Gasteiger partial charge is 0.457 e. The number of hydrogen-bond acceptors (Lipinski definition) is 7. The van der Waals surface area contributed by atoms with E-state index in [9.17, 15) is 10.1 Å². The zero-order valence-corrected chi connectivity index (χ0v) is 22.5. The van der Waals surface area contributed by atoms with Crippen molar-refractivity contribution in [2.24, 2.45) is 11.3 Å². The Kier molecular flexibility index (Phi) is 7.20. The van der Waals surface area contributed by atoms with Crippen molar-refractivity contribution in [1.29, 1.82) is 5.26 Å². The van der Waals surface area contributed by atoms with E-state index in [1.807, 2.05) is 80.1 Å².